The summed E-state index contributed by atoms with van der Waals surface area (Å²) in [6.07, 6.45) is 1.52. The van der Waals surface area contributed by atoms with Crippen LogP contribution in [0.2, 0.25) is 5.02 Å². The molecule has 2 fully saturated rings. The molecule has 1 aromatic carbocycles. The Bertz CT molecular complexity index is 867. The number of nitrogens with one attached hydrogen (secondary N) is 1. The zero-order valence-electron chi connectivity index (χ0n) is 14.4. The number of hydrogen-bond acceptors (Lipinski definition) is 5. The molecule has 27 heavy (non-hydrogen) atoms. The molecule has 3 aliphatic heterocycles. The molecule has 2 unspecified atom stereocenters. The van der Waals surface area contributed by atoms with Gasteiger partial charge in [-0.15, -0.1) is 0 Å². The summed E-state index contributed by atoms with van der Waals surface area (Å²) in [6.45, 7) is 0.457. The number of amides is 3. The molecule has 3 amide bonds. The predicted octanol–water partition coefficient (Wildman–Crippen LogP) is 0.520. The van der Waals surface area contributed by atoms with E-state index in [1.807, 2.05) is 0 Å². The first kappa shape index (κ1) is 17.9. The molecule has 2 saturated heterocycles. The molecule has 0 bridgehead atoms. The fraction of sp³-hybridized carbons (Fsp3) is 0.444. The van der Waals surface area contributed by atoms with Gasteiger partial charge >= 0.3 is 5.97 Å². The number of halogens is 1. The lowest BCUT2D eigenvalue weighted by atomic mass is 9.80. The van der Waals surface area contributed by atoms with Crippen molar-refractivity contribution in [2.45, 2.75) is 30.7 Å². The topological polar surface area (TPSA) is 107 Å². The van der Waals surface area contributed by atoms with Gasteiger partial charge in [-0.3, -0.25) is 29.0 Å². The zero-order chi connectivity index (χ0) is 19.3. The highest BCUT2D eigenvalue weighted by atomic mass is 35.5. The van der Waals surface area contributed by atoms with Gasteiger partial charge in [0.05, 0.1) is 6.42 Å². The number of rotatable bonds is 4. The molecular weight excluding hydrogens is 374 g/mol. The van der Waals surface area contributed by atoms with Crippen molar-refractivity contribution in [3.8, 4) is 0 Å². The maximum Gasteiger partial charge on any atom is 0.323 e. The predicted molar refractivity (Wildman–Crippen MR) is 95.5 cm³/mol. The molecule has 142 valence electrons. The number of imide groups is 1. The van der Waals surface area contributed by atoms with E-state index in [0.717, 1.165) is 29.2 Å². The number of benzene rings is 1. The minimum absolute atomic E-state index is 0.0125. The third-order valence-electron chi connectivity index (χ3n) is 5.51. The van der Waals surface area contributed by atoms with Crippen molar-refractivity contribution < 1.29 is 24.3 Å². The van der Waals surface area contributed by atoms with Gasteiger partial charge in [0, 0.05) is 28.9 Å². The van der Waals surface area contributed by atoms with E-state index in [1.54, 1.807) is 0 Å². The maximum absolute atomic E-state index is 13.3. The van der Waals surface area contributed by atoms with Gasteiger partial charge in [-0.05, 0) is 37.6 Å². The van der Waals surface area contributed by atoms with Crippen molar-refractivity contribution in [2.75, 3.05) is 24.5 Å². The van der Waals surface area contributed by atoms with Gasteiger partial charge < -0.3 is 10.4 Å². The summed E-state index contributed by atoms with van der Waals surface area (Å²) in [4.78, 5) is 52.5. The first-order valence-corrected chi connectivity index (χ1v) is 9.14. The molecule has 2 atom stereocenters. The summed E-state index contributed by atoms with van der Waals surface area (Å²) in [7, 11) is 0. The summed E-state index contributed by atoms with van der Waals surface area (Å²) in [5.74, 6) is -2.90. The Kier molecular flexibility index (Phi) is 4.20. The monoisotopic (exact) mass is 391 g/mol. The third kappa shape index (κ3) is 2.62. The molecular formula is C18H18ClN3O5. The van der Waals surface area contributed by atoms with Crippen molar-refractivity contribution in [3.63, 3.8) is 0 Å². The summed E-state index contributed by atoms with van der Waals surface area (Å²) in [5, 5.41) is 12.7. The van der Waals surface area contributed by atoms with Crippen LogP contribution in [-0.2, 0) is 24.6 Å². The maximum atomic E-state index is 13.3. The minimum atomic E-state index is -1.72. The molecule has 3 heterocycles. The van der Waals surface area contributed by atoms with E-state index < -0.39 is 35.7 Å². The first-order valence-electron chi connectivity index (χ1n) is 8.76. The van der Waals surface area contributed by atoms with E-state index in [4.69, 9.17) is 11.6 Å². The number of anilines is 1. The standard InChI is InChI=1S/C18H18ClN3O5/c19-10-3-4-13-12(6-10)18(16(26)21(13)9-15(24)25)7-14(23)22(17(18)27)8-11-2-1-5-20-11/h3-4,6,11,20H,1-2,5,7-9H2,(H,24,25). The third-order valence-corrected chi connectivity index (χ3v) is 5.74. The quantitative estimate of drug-likeness (QED) is 0.572. The second-order valence-electron chi connectivity index (χ2n) is 7.13. The first-order chi connectivity index (χ1) is 12.8. The number of carboxylic acid groups (broad SMARTS) is 1. The fourth-order valence-corrected chi connectivity index (χ4v) is 4.44. The molecule has 0 aliphatic carbocycles. The van der Waals surface area contributed by atoms with E-state index in [2.05, 4.69) is 5.32 Å². The average molecular weight is 392 g/mol. The molecule has 1 spiro atoms. The number of carboxylic acids is 1. The number of hydrogen-bond donors (Lipinski definition) is 2. The van der Waals surface area contributed by atoms with Crippen LogP contribution >= 0.6 is 11.6 Å². The highest BCUT2D eigenvalue weighted by Gasteiger charge is 2.64. The lowest BCUT2D eigenvalue weighted by Gasteiger charge is -2.23. The van der Waals surface area contributed by atoms with Crippen LogP contribution in [0.5, 0.6) is 0 Å². The van der Waals surface area contributed by atoms with E-state index in [-0.39, 0.29) is 19.0 Å². The van der Waals surface area contributed by atoms with Crippen LogP contribution in [0.25, 0.3) is 0 Å². The number of likely N-dealkylation sites (tertiary alicyclic amines) is 1. The molecule has 8 nitrogen and oxygen atoms in total. The minimum Gasteiger partial charge on any atom is -0.480 e. The summed E-state index contributed by atoms with van der Waals surface area (Å²) in [6, 6.07) is 4.55. The summed E-state index contributed by atoms with van der Waals surface area (Å²) < 4.78 is 0. The average Bonchev–Trinajstić information content (AvgIpc) is 3.26. The molecule has 9 heteroatoms. The second kappa shape index (κ2) is 6.31. The van der Waals surface area contributed by atoms with Crippen molar-refractivity contribution in [1.82, 2.24) is 10.2 Å². The number of nitrogens with zero attached hydrogens (tertiary/aromatic N) is 2. The van der Waals surface area contributed by atoms with Crippen LogP contribution in [0.1, 0.15) is 24.8 Å². The number of aliphatic carboxylic acids is 1. The summed E-state index contributed by atoms with van der Waals surface area (Å²) >= 11 is 6.08. The Morgan fingerprint density at radius 2 is 2.00 bits per heavy atom. The van der Waals surface area contributed by atoms with Gasteiger partial charge in [0.15, 0.2) is 5.41 Å². The van der Waals surface area contributed by atoms with Crippen LogP contribution in [0.15, 0.2) is 18.2 Å². The molecule has 0 radical (unpaired) electrons. The normalized spacial score (nSPS) is 27.1. The van der Waals surface area contributed by atoms with Crippen LogP contribution < -0.4 is 10.2 Å². The Labute approximate surface area is 160 Å². The fourth-order valence-electron chi connectivity index (χ4n) is 4.27. The van der Waals surface area contributed by atoms with Gasteiger partial charge in [0.2, 0.25) is 17.7 Å². The zero-order valence-corrected chi connectivity index (χ0v) is 15.2. The van der Waals surface area contributed by atoms with Gasteiger partial charge in [0.25, 0.3) is 0 Å². The second-order valence-corrected chi connectivity index (χ2v) is 7.57. The summed E-state index contributed by atoms with van der Waals surface area (Å²) in [5.41, 5.74) is -1.10. The largest absolute Gasteiger partial charge is 0.480 e. The lowest BCUT2D eigenvalue weighted by Crippen LogP contribution is -2.49. The van der Waals surface area contributed by atoms with Gasteiger partial charge in [-0.25, -0.2) is 0 Å². The Morgan fingerprint density at radius 3 is 2.67 bits per heavy atom. The van der Waals surface area contributed by atoms with Crippen molar-refractivity contribution in [3.05, 3.63) is 28.8 Å². The number of fused-ring (bicyclic) bond motifs is 2. The van der Waals surface area contributed by atoms with E-state index in [9.17, 15) is 24.3 Å². The Balaban J connectivity index is 1.76. The molecule has 2 N–H and O–H groups in total. The van der Waals surface area contributed by atoms with E-state index >= 15 is 0 Å². The van der Waals surface area contributed by atoms with Crippen LogP contribution in [0.3, 0.4) is 0 Å². The van der Waals surface area contributed by atoms with Gasteiger partial charge in [-0.2, -0.15) is 0 Å². The molecule has 0 aromatic heterocycles. The van der Waals surface area contributed by atoms with Gasteiger partial charge in [-0.1, -0.05) is 11.6 Å². The molecule has 4 rings (SSSR count). The van der Waals surface area contributed by atoms with Crippen molar-refractivity contribution in [2.24, 2.45) is 0 Å². The van der Waals surface area contributed by atoms with Crippen molar-refractivity contribution >= 4 is 41.0 Å². The SMILES string of the molecule is O=C(O)CN1C(=O)C2(CC(=O)N(CC3CCCN3)C2=O)c2cc(Cl)ccc21. The van der Waals surface area contributed by atoms with Crippen molar-refractivity contribution in [1.29, 1.82) is 0 Å². The Morgan fingerprint density at radius 1 is 1.26 bits per heavy atom. The number of carbonyl (C=O) groups excluding carboxylic acids is 3. The van der Waals surface area contributed by atoms with E-state index in [0.29, 0.717) is 16.3 Å². The Hall–Kier alpha value is -2.45. The number of carbonyl (C=O) groups is 4. The highest BCUT2D eigenvalue weighted by molar-refractivity contribution is 6.32. The van der Waals surface area contributed by atoms with E-state index in [1.165, 1.54) is 18.2 Å². The van der Waals surface area contributed by atoms with Gasteiger partial charge in [0.1, 0.15) is 6.54 Å². The molecule has 1 aromatic rings. The van der Waals surface area contributed by atoms with Crippen LogP contribution in [0.4, 0.5) is 5.69 Å². The van der Waals surface area contributed by atoms with Crippen LogP contribution in [-0.4, -0.2) is 59.4 Å². The molecule has 3 aliphatic rings. The smallest absolute Gasteiger partial charge is 0.323 e. The van der Waals surface area contributed by atoms with Crippen LogP contribution in [0, 0.1) is 0 Å². The molecule has 0 saturated carbocycles. The highest BCUT2D eigenvalue weighted by Crippen LogP contribution is 2.49. The lowest BCUT2D eigenvalue weighted by molar-refractivity contribution is -0.143.